The molecule has 3 aliphatic carbocycles. The van der Waals surface area contributed by atoms with Crippen LogP contribution in [-0.4, -0.2) is 25.2 Å². The van der Waals surface area contributed by atoms with E-state index in [0.717, 1.165) is 47.6 Å². The molecule has 2 heteroatoms. The van der Waals surface area contributed by atoms with Gasteiger partial charge in [-0.2, -0.15) is 0 Å². The molecular formula is C38H70N2. The minimum atomic E-state index is 0.820. The maximum atomic E-state index is 4.31. The first-order valence-electron chi connectivity index (χ1n) is 19.4. The van der Waals surface area contributed by atoms with Gasteiger partial charge in [0, 0.05) is 12.1 Å². The third-order valence-corrected chi connectivity index (χ3v) is 12.9. The van der Waals surface area contributed by atoms with Gasteiger partial charge >= 0.3 is 0 Å². The lowest BCUT2D eigenvalue weighted by molar-refractivity contribution is 0.100. The first kappa shape index (κ1) is 31.3. The van der Waals surface area contributed by atoms with E-state index in [2.05, 4.69) is 10.6 Å². The van der Waals surface area contributed by atoms with Gasteiger partial charge in [0.1, 0.15) is 0 Å². The molecule has 2 heterocycles. The zero-order valence-corrected chi connectivity index (χ0v) is 26.8. The molecule has 0 bridgehead atoms. The highest BCUT2D eigenvalue weighted by Crippen LogP contribution is 2.44. The smallest absolute Gasteiger partial charge is 0.0126 e. The van der Waals surface area contributed by atoms with Gasteiger partial charge in [-0.05, 0) is 113 Å². The second-order valence-electron chi connectivity index (χ2n) is 15.6. The Hall–Kier alpha value is -0.0800. The first-order chi connectivity index (χ1) is 19.9. The van der Waals surface area contributed by atoms with Gasteiger partial charge in [-0.25, -0.2) is 0 Å². The van der Waals surface area contributed by atoms with Crippen LogP contribution >= 0.6 is 0 Å². The van der Waals surface area contributed by atoms with Crippen LogP contribution in [0.4, 0.5) is 0 Å². The van der Waals surface area contributed by atoms with E-state index in [-0.39, 0.29) is 0 Å². The van der Waals surface area contributed by atoms with E-state index in [4.69, 9.17) is 0 Å². The molecule has 0 aromatic rings. The minimum absolute atomic E-state index is 0.820. The predicted molar refractivity (Wildman–Crippen MR) is 174 cm³/mol. The second kappa shape index (κ2) is 17.9. The van der Waals surface area contributed by atoms with Gasteiger partial charge < -0.3 is 10.6 Å². The van der Waals surface area contributed by atoms with E-state index in [1.807, 2.05) is 0 Å². The van der Waals surface area contributed by atoms with Crippen LogP contribution in [0.1, 0.15) is 180 Å². The monoisotopic (exact) mass is 555 g/mol. The van der Waals surface area contributed by atoms with E-state index in [1.54, 1.807) is 12.8 Å². The maximum absolute atomic E-state index is 4.31. The largest absolute Gasteiger partial charge is 0.313 e. The molecule has 40 heavy (non-hydrogen) atoms. The van der Waals surface area contributed by atoms with Crippen molar-refractivity contribution in [3.8, 4) is 0 Å². The van der Waals surface area contributed by atoms with E-state index in [0.29, 0.717) is 0 Å². The van der Waals surface area contributed by atoms with Gasteiger partial charge in [0.05, 0.1) is 0 Å². The predicted octanol–water partition coefficient (Wildman–Crippen LogP) is 10.6. The van der Waals surface area contributed by atoms with Crippen molar-refractivity contribution < 1.29 is 0 Å². The highest BCUT2D eigenvalue weighted by Gasteiger charge is 2.38. The van der Waals surface area contributed by atoms with Crippen LogP contribution in [0.5, 0.6) is 0 Å². The summed E-state index contributed by atoms with van der Waals surface area (Å²) in [5.74, 6) is 5.81. The first-order valence-corrected chi connectivity index (χ1v) is 19.4. The molecule has 2 N–H and O–H groups in total. The SMILES string of the molecule is C1CCCNC2C(CCC1)CCCCCCC2C1CCCCC(C2CCCCCC3CCCCCCNC32)CC1. The van der Waals surface area contributed by atoms with Crippen LogP contribution in [0, 0.1) is 35.5 Å². The van der Waals surface area contributed by atoms with Gasteiger partial charge in [-0.3, -0.25) is 0 Å². The lowest BCUT2D eigenvalue weighted by Gasteiger charge is -2.44. The van der Waals surface area contributed by atoms with Crippen molar-refractivity contribution >= 4 is 0 Å². The van der Waals surface area contributed by atoms with Crippen molar-refractivity contribution in [3.05, 3.63) is 0 Å². The topological polar surface area (TPSA) is 24.1 Å². The molecule has 5 rings (SSSR count). The van der Waals surface area contributed by atoms with Crippen molar-refractivity contribution in [2.45, 2.75) is 192 Å². The summed E-state index contributed by atoms with van der Waals surface area (Å²) in [5, 5.41) is 8.57. The molecule has 2 aliphatic heterocycles. The van der Waals surface area contributed by atoms with Crippen molar-refractivity contribution in [1.82, 2.24) is 10.6 Å². The van der Waals surface area contributed by atoms with Crippen molar-refractivity contribution in [1.29, 1.82) is 0 Å². The molecular weight excluding hydrogens is 484 g/mol. The number of rotatable bonds is 2. The minimum Gasteiger partial charge on any atom is -0.313 e. The molecule has 2 saturated heterocycles. The van der Waals surface area contributed by atoms with Crippen LogP contribution < -0.4 is 10.6 Å². The fourth-order valence-corrected chi connectivity index (χ4v) is 10.7. The second-order valence-corrected chi connectivity index (χ2v) is 15.6. The van der Waals surface area contributed by atoms with Crippen LogP contribution in [0.15, 0.2) is 0 Å². The Morgan fingerprint density at radius 3 is 1.00 bits per heavy atom. The van der Waals surface area contributed by atoms with Crippen molar-refractivity contribution in [3.63, 3.8) is 0 Å². The van der Waals surface area contributed by atoms with Gasteiger partial charge in [-0.15, -0.1) is 0 Å². The Morgan fingerprint density at radius 1 is 0.250 bits per heavy atom. The van der Waals surface area contributed by atoms with Gasteiger partial charge in [0.25, 0.3) is 0 Å². The molecule has 8 unspecified atom stereocenters. The third-order valence-electron chi connectivity index (χ3n) is 12.9. The Morgan fingerprint density at radius 2 is 0.550 bits per heavy atom. The average molecular weight is 555 g/mol. The summed E-state index contributed by atoms with van der Waals surface area (Å²) in [5.41, 5.74) is 0. The summed E-state index contributed by atoms with van der Waals surface area (Å²) in [4.78, 5) is 0. The summed E-state index contributed by atoms with van der Waals surface area (Å²) < 4.78 is 0. The molecule has 0 radical (unpaired) electrons. The average Bonchev–Trinajstić information content (AvgIpc) is 3.12. The number of fused-ring (bicyclic) bond motifs is 2. The van der Waals surface area contributed by atoms with E-state index < -0.39 is 0 Å². The van der Waals surface area contributed by atoms with Crippen molar-refractivity contribution in [2.24, 2.45) is 35.5 Å². The lowest BCUT2D eigenvalue weighted by atomic mass is 9.66. The van der Waals surface area contributed by atoms with E-state index in [1.165, 1.54) is 180 Å². The number of hydrogen-bond acceptors (Lipinski definition) is 2. The zero-order chi connectivity index (χ0) is 27.2. The normalized spacial score (nSPS) is 40.8. The summed E-state index contributed by atoms with van der Waals surface area (Å²) in [6.07, 6.45) is 42.0. The number of hydrogen-bond donors (Lipinski definition) is 2. The highest BCUT2D eigenvalue weighted by atomic mass is 14.9. The van der Waals surface area contributed by atoms with Crippen LogP contribution in [0.25, 0.3) is 0 Å². The Kier molecular flexibility index (Phi) is 14.0. The zero-order valence-electron chi connectivity index (χ0n) is 26.8. The molecule has 232 valence electrons. The highest BCUT2D eigenvalue weighted by molar-refractivity contribution is 4.93. The molecule has 0 amide bonds. The quantitative estimate of drug-likeness (QED) is 0.355. The van der Waals surface area contributed by atoms with Gasteiger partial charge in [0.15, 0.2) is 0 Å². The molecule has 5 fully saturated rings. The molecule has 0 aromatic heterocycles. The lowest BCUT2D eigenvalue weighted by Crippen LogP contribution is -2.47. The Labute approximate surface area is 250 Å². The molecule has 0 spiro atoms. The fraction of sp³-hybridized carbons (Fsp3) is 1.00. The number of nitrogens with one attached hydrogen (secondary N) is 2. The summed E-state index contributed by atoms with van der Waals surface area (Å²) >= 11 is 0. The van der Waals surface area contributed by atoms with E-state index in [9.17, 15) is 0 Å². The summed E-state index contributed by atoms with van der Waals surface area (Å²) in [6, 6.07) is 1.65. The molecule has 0 aromatic carbocycles. The van der Waals surface area contributed by atoms with Crippen LogP contribution in [0.2, 0.25) is 0 Å². The molecule has 2 nitrogen and oxygen atoms in total. The van der Waals surface area contributed by atoms with Crippen LogP contribution in [0.3, 0.4) is 0 Å². The maximum Gasteiger partial charge on any atom is 0.0126 e. The standard InChI is InChI=1S/C38H70N2/c1-2-9-21-33-22-10-3-4-13-25-35(37(33)39-29-17-6-1)31-19-15-16-20-32(28-27-31)36-26-14-8-12-24-34-23-11-5-7-18-30-40-38(34)36/h31-40H,1-30H2. The van der Waals surface area contributed by atoms with E-state index >= 15 is 0 Å². The Balaban J connectivity index is 1.30. The fourth-order valence-electron chi connectivity index (χ4n) is 10.7. The van der Waals surface area contributed by atoms with Gasteiger partial charge in [0.2, 0.25) is 0 Å². The van der Waals surface area contributed by atoms with Gasteiger partial charge in [-0.1, -0.05) is 116 Å². The van der Waals surface area contributed by atoms with Crippen molar-refractivity contribution in [2.75, 3.05) is 13.1 Å². The summed E-state index contributed by atoms with van der Waals surface area (Å²) in [7, 11) is 0. The molecule has 5 aliphatic rings. The molecule has 3 saturated carbocycles. The summed E-state index contributed by atoms with van der Waals surface area (Å²) in [6.45, 7) is 2.59. The van der Waals surface area contributed by atoms with Crippen LogP contribution in [-0.2, 0) is 0 Å². The Bertz CT molecular complexity index is 662. The third kappa shape index (κ3) is 9.46. The molecule has 8 atom stereocenters.